The molecule has 0 fully saturated rings. The first-order valence-corrected chi connectivity index (χ1v) is 5.26. The first kappa shape index (κ1) is 12.5. The molecule has 0 spiro atoms. The highest BCUT2D eigenvalue weighted by Crippen LogP contribution is 1.90. The lowest BCUT2D eigenvalue weighted by atomic mass is 10.4. The van der Waals surface area contributed by atoms with Gasteiger partial charge in [0.05, 0.1) is 19.5 Å². The monoisotopic (exact) mass is 186 g/mol. The summed E-state index contributed by atoms with van der Waals surface area (Å²) in [5.74, 6) is 0. The topological polar surface area (TPSA) is 18.5 Å². The van der Waals surface area contributed by atoms with Crippen LogP contribution in [0.25, 0.3) is 0 Å². The summed E-state index contributed by atoms with van der Waals surface area (Å²) in [6.45, 7) is 6.66. The van der Waals surface area contributed by atoms with Crippen molar-refractivity contribution in [3.8, 4) is 0 Å². The summed E-state index contributed by atoms with van der Waals surface area (Å²) in [5, 5.41) is 0. The Morgan fingerprint density at radius 3 is 2.38 bits per heavy atom. The minimum Gasteiger partial charge on any atom is -0.501 e. The van der Waals surface area contributed by atoms with E-state index in [9.17, 15) is 0 Å². The Hall–Kier alpha value is -0.500. The number of ether oxygens (including phenoxy) is 2. The van der Waals surface area contributed by atoms with Gasteiger partial charge in [0.1, 0.15) is 0 Å². The Balaban J connectivity index is 2.95. The van der Waals surface area contributed by atoms with Gasteiger partial charge >= 0.3 is 0 Å². The van der Waals surface area contributed by atoms with Crippen molar-refractivity contribution in [3.63, 3.8) is 0 Å². The standard InChI is InChI=1S/C11H22O2/c1-3-5-8-12-10-7-11-13-9-6-4-2/h7,10H,3-6,8-9,11H2,1-2H3/b10-7+. The predicted molar refractivity (Wildman–Crippen MR) is 55.7 cm³/mol. The van der Waals surface area contributed by atoms with E-state index in [-0.39, 0.29) is 0 Å². The zero-order chi connectivity index (χ0) is 9.78. The van der Waals surface area contributed by atoms with Crippen LogP contribution < -0.4 is 0 Å². The van der Waals surface area contributed by atoms with E-state index in [1.807, 2.05) is 6.08 Å². The predicted octanol–water partition coefficient (Wildman–Crippen LogP) is 3.13. The third kappa shape index (κ3) is 11.5. The number of hydrogen-bond acceptors (Lipinski definition) is 2. The quantitative estimate of drug-likeness (QED) is 0.407. The van der Waals surface area contributed by atoms with Crippen LogP contribution in [0.1, 0.15) is 39.5 Å². The molecule has 0 amide bonds. The van der Waals surface area contributed by atoms with Crippen molar-refractivity contribution in [1.82, 2.24) is 0 Å². The minimum atomic E-state index is 0.673. The summed E-state index contributed by atoms with van der Waals surface area (Å²) in [6, 6.07) is 0. The molecule has 0 aliphatic rings. The SMILES string of the molecule is CCCCO/C=C/COCCCC. The lowest BCUT2D eigenvalue weighted by Crippen LogP contribution is -1.93. The first-order valence-electron chi connectivity index (χ1n) is 5.26. The Morgan fingerprint density at radius 2 is 1.69 bits per heavy atom. The van der Waals surface area contributed by atoms with Gasteiger partial charge in [-0.2, -0.15) is 0 Å². The van der Waals surface area contributed by atoms with E-state index in [0.717, 1.165) is 26.1 Å². The van der Waals surface area contributed by atoms with Crippen LogP contribution in [0.15, 0.2) is 12.3 Å². The number of hydrogen-bond donors (Lipinski definition) is 0. The van der Waals surface area contributed by atoms with Gasteiger partial charge in [-0.05, 0) is 18.9 Å². The van der Waals surface area contributed by atoms with Crippen molar-refractivity contribution in [3.05, 3.63) is 12.3 Å². The van der Waals surface area contributed by atoms with E-state index >= 15 is 0 Å². The van der Waals surface area contributed by atoms with Crippen LogP contribution in [0.3, 0.4) is 0 Å². The molecule has 0 radical (unpaired) electrons. The highest BCUT2D eigenvalue weighted by atomic mass is 16.5. The van der Waals surface area contributed by atoms with Crippen LogP contribution >= 0.6 is 0 Å². The van der Waals surface area contributed by atoms with Crippen molar-refractivity contribution < 1.29 is 9.47 Å². The molecule has 0 aromatic rings. The fourth-order valence-corrected chi connectivity index (χ4v) is 0.801. The molecule has 13 heavy (non-hydrogen) atoms. The van der Waals surface area contributed by atoms with Gasteiger partial charge in [0, 0.05) is 6.61 Å². The Morgan fingerprint density at radius 1 is 1.00 bits per heavy atom. The molecular formula is C11H22O2. The number of rotatable bonds is 9. The van der Waals surface area contributed by atoms with E-state index in [0.29, 0.717) is 6.61 Å². The smallest absolute Gasteiger partial charge is 0.0873 e. The highest BCUT2D eigenvalue weighted by molar-refractivity contribution is 4.72. The second-order valence-electron chi connectivity index (χ2n) is 3.02. The fourth-order valence-electron chi connectivity index (χ4n) is 0.801. The molecule has 0 aliphatic carbocycles. The summed E-state index contributed by atoms with van der Waals surface area (Å²) >= 11 is 0. The molecular weight excluding hydrogens is 164 g/mol. The van der Waals surface area contributed by atoms with Crippen LogP contribution in [-0.4, -0.2) is 19.8 Å². The highest BCUT2D eigenvalue weighted by Gasteiger charge is 1.83. The molecule has 0 aliphatic heterocycles. The Bertz CT molecular complexity index is 111. The van der Waals surface area contributed by atoms with Gasteiger partial charge in [-0.3, -0.25) is 0 Å². The molecule has 2 nitrogen and oxygen atoms in total. The lowest BCUT2D eigenvalue weighted by molar-refractivity contribution is 0.155. The van der Waals surface area contributed by atoms with Gasteiger partial charge in [0.15, 0.2) is 0 Å². The molecule has 0 rings (SSSR count). The first-order chi connectivity index (χ1) is 6.41. The second kappa shape index (κ2) is 11.5. The van der Waals surface area contributed by atoms with Crippen molar-refractivity contribution in [2.24, 2.45) is 0 Å². The van der Waals surface area contributed by atoms with E-state index in [4.69, 9.17) is 9.47 Å². The molecule has 0 N–H and O–H groups in total. The van der Waals surface area contributed by atoms with Crippen LogP contribution in [0, 0.1) is 0 Å². The molecule has 2 heteroatoms. The van der Waals surface area contributed by atoms with Crippen LogP contribution in [0.5, 0.6) is 0 Å². The second-order valence-corrected chi connectivity index (χ2v) is 3.02. The Labute approximate surface area is 81.9 Å². The summed E-state index contributed by atoms with van der Waals surface area (Å²) in [5.41, 5.74) is 0. The normalized spacial score (nSPS) is 10.9. The average molecular weight is 186 g/mol. The van der Waals surface area contributed by atoms with Crippen LogP contribution in [0.4, 0.5) is 0 Å². The summed E-state index contributed by atoms with van der Waals surface area (Å²) < 4.78 is 10.5. The number of unbranched alkanes of at least 4 members (excludes halogenated alkanes) is 2. The molecule has 0 atom stereocenters. The van der Waals surface area contributed by atoms with Gasteiger partial charge in [-0.25, -0.2) is 0 Å². The maximum absolute atomic E-state index is 5.31. The maximum atomic E-state index is 5.31. The maximum Gasteiger partial charge on any atom is 0.0873 e. The van der Waals surface area contributed by atoms with Crippen molar-refractivity contribution in [1.29, 1.82) is 0 Å². The average Bonchev–Trinajstić information content (AvgIpc) is 2.16. The molecule has 0 bridgehead atoms. The zero-order valence-corrected chi connectivity index (χ0v) is 8.92. The molecule has 0 saturated heterocycles. The largest absolute Gasteiger partial charge is 0.501 e. The fraction of sp³-hybridized carbons (Fsp3) is 0.818. The molecule has 0 aromatic carbocycles. The third-order valence-corrected chi connectivity index (χ3v) is 1.66. The van der Waals surface area contributed by atoms with Crippen LogP contribution in [0.2, 0.25) is 0 Å². The molecule has 0 heterocycles. The van der Waals surface area contributed by atoms with Crippen molar-refractivity contribution in [2.75, 3.05) is 19.8 Å². The van der Waals surface area contributed by atoms with Crippen molar-refractivity contribution >= 4 is 0 Å². The van der Waals surface area contributed by atoms with Gasteiger partial charge in [0.2, 0.25) is 0 Å². The molecule has 78 valence electrons. The van der Waals surface area contributed by atoms with Gasteiger partial charge in [-0.1, -0.05) is 26.7 Å². The van der Waals surface area contributed by atoms with Crippen LogP contribution in [-0.2, 0) is 9.47 Å². The lowest BCUT2D eigenvalue weighted by Gasteiger charge is -1.99. The zero-order valence-electron chi connectivity index (χ0n) is 8.92. The van der Waals surface area contributed by atoms with E-state index in [2.05, 4.69) is 13.8 Å². The van der Waals surface area contributed by atoms with E-state index in [1.54, 1.807) is 6.26 Å². The molecule has 0 unspecified atom stereocenters. The Kier molecular flexibility index (Phi) is 11.1. The van der Waals surface area contributed by atoms with Crippen molar-refractivity contribution in [2.45, 2.75) is 39.5 Å². The van der Waals surface area contributed by atoms with Gasteiger partial charge in [-0.15, -0.1) is 0 Å². The minimum absolute atomic E-state index is 0.673. The molecule has 0 saturated carbocycles. The summed E-state index contributed by atoms with van der Waals surface area (Å²) in [4.78, 5) is 0. The molecule has 0 aromatic heterocycles. The van der Waals surface area contributed by atoms with E-state index in [1.165, 1.54) is 12.8 Å². The summed E-state index contributed by atoms with van der Waals surface area (Å²) in [6.07, 6.45) is 8.30. The van der Waals surface area contributed by atoms with Gasteiger partial charge in [0.25, 0.3) is 0 Å². The summed E-state index contributed by atoms with van der Waals surface area (Å²) in [7, 11) is 0. The third-order valence-electron chi connectivity index (χ3n) is 1.66. The van der Waals surface area contributed by atoms with Gasteiger partial charge < -0.3 is 9.47 Å². The van der Waals surface area contributed by atoms with E-state index < -0.39 is 0 Å².